The van der Waals surface area contributed by atoms with E-state index in [4.69, 9.17) is 16.3 Å². The van der Waals surface area contributed by atoms with Crippen LogP contribution >= 0.6 is 11.6 Å². The largest absolute Gasteiger partial charge is 0.377 e. The van der Waals surface area contributed by atoms with Gasteiger partial charge in [0.05, 0.1) is 12.7 Å². The molecule has 0 amide bonds. The van der Waals surface area contributed by atoms with Gasteiger partial charge in [-0.25, -0.2) is 0 Å². The van der Waals surface area contributed by atoms with Crippen molar-refractivity contribution in [3.8, 4) is 0 Å². The number of alkyl halides is 1. The Morgan fingerprint density at radius 2 is 1.90 bits per heavy atom. The maximum atomic E-state index is 12.1. The molecule has 1 rings (SSSR count). The van der Waals surface area contributed by atoms with Crippen LogP contribution in [-0.2, 0) is 4.74 Å². The van der Waals surface area contributed by atoms with Gasteiger partial charge in [-0.15, -0.1) is 11.6 Å². The summed E-state index contributed by atoms with van der Waals surface area (Å²) in [4.78, 5) is 12.1. The number of unbranched alkanes of at least 4 members (excludes halogenated alkanes) is 3. The van der Waals surface area contributed by atoms with E-state index in [1.807, 2.05) is 30.3 Å². The zero-order valence-electron chi connectivity index (χ0n) is 13.0. The molecule has 1 aromatic carbocycles. The maximum Gasteiger partial charge on any atom is 0.162 e. The minimum Gasteiger partial charge on any atom is -0.377 e. The number of rotatable bonds is 12. The molecule has 0 aliphatic rings. The number of halogens is 1. The first-order valence-electron chi connectivity index (χ1n) is 8.03. The average Bonchev–Trinajstić information content (AvgIpc) is 2.53. The summed E-state index contributed by atoms with van der Waals surface area (Å²) in [7, 11) is 0. The molecule has 0 fully saturated rings. The normalized spacial score (nSPS) is 12.3. The van der Waals surface area contributed by atoms with Crippen molar-refractivity contribution in [2.24, 2.45) is 0 Å². The van der Waals surface area contributed by atoms with Crippen LogP contribution in [0.1, 0.15) is 62.2 Å². The lowest BCUT2D eigenvalue weighted by atomic mass is 10.0. The minimum atomic E-state index is 0.160. The molecule has 0 saturated carbocycles. The summed E-state index contributed by atoms with van der Waals surface area (Å²) in [6.07, 6.45) is 7.43. The van der Waals surface area contributed by atoms with Crippen LogP contribution < -0.4 is 0 Å². The number of carbonyl (C=O) groups excluding carboxylic acids is 1. The van der Waals surface area contributed by atoms with E-state index in [2.05, 4.69) is 6.92 Å². The molecule has 0 radical (unpaired) electrons. The third-order valence-corrected chi connectivity index (χ3v) is 3.75. The van der Waals surface area contributed by atoms with E-state index in [1.165, 1.54) is 25.7 Å². The predicted octanol–water partition coefficient (Wildman–Crippen LogP) is 5.24. The highest BCUT2D eigenvalue weighted by molar-refractivity contribution is 6.17. The van der Waals surface area contributed by atoms with Crippen LogP contribution in [0.3, 0.4) is 0 Å². The zero-order valence-corrected chi connectivity index (χ0v) is 13.8. The molecule has 0 spiro atoms. The molecule has 0 saturated heterocycles. The average molecular weight is 311 g/mol. The van der Waals surface area contributed by atoms with Crippen molar-refractivity contribution >= 4 is 17.4 Å². The summed E-state index contributed by atoms with van der Waals surface area (Å²) in [5.41, 5.74) is 0.791. The second-order valence-electron chi connectivity index (χ2n) is 5.36. The van der Waals surface area contributed by atoms with Crippen LogP contribution in [0.2, 0.25) is 0 Å². The van der Waals surface area contributed by atoms with Crippen LogP contribution in [-0.4, -0.2) is 24.4 Å². The molecule has 2 nitrogen and oxygen atoms in total. The van der Waals surface area contributed by atoms with Crippen molar-refractivity contribution in [2.75, 3.05) is 12.5 Å². The summed E-state index contributed by atoms with van der Waals surface area (Å²) in [6.45, 7) is 2.78. The summed E-state index contributed by atoms with van der Waals surface area (Å²) < 4.78 is 5.77. The van der Waals surface area contributed by atoms with E-state index in [-0.39, 0.29) is 11.9 Å². The molecule has 118 valence electrons. The fourth-order valence-electron chi connectivity index (χ4n) is 2.38. The topological polar surface area (TPSA) is 26.3 Å². The Labute approximate surface area is 133 Å². The monoisotopic (exact) mass is 310 g/mol. The van der Waals surface area contributed by atoms with Gasteiger partial charge in [-0.1, -0.05) is 62.9 Å². The first-order valence-corrected chi connectivity index (χ1v) is 8.57. The van der Waals surface area contributed by atoms with Crippen LogP contribution in [0.15, 0.2) is 30.3 Å². The molecule has 0 aliphatic carbocycles. The Morgan fingerprint density at radius 1 is 1.14 bits per heavy atom. The van der Waals surface area contributed by atoms with Gasteiger partial charge < -0.3 is 4.74 Å². The fraction of sp³-hybridized carbons (Fsp3) is 0.611. The van der Waals surface area contributed by atoms with Gasteiger partial charge in [0, 0.05) is 17.9 Å². The number of Topliss-reactive ketones (excluding diaryl/α,β-unsaturated/α-hetero) is 1. The molecule has 3 heteroatoms. The van der Waals surface area contributed by atoms with E-state index in [1.54, 1.807) is 0 Å². The molecule has 0 heterocycles. The Balaban J connectivity index is 2.35. The maximum absolute atomic E-state index is 12.1. The molecule has 0 aliphatic heterocycles. The van der Waals surface area contributed by atoms with Crippen LogP contribution in [0.5, 0.6) is 0 Å². The number of hydrogen-bond donors (Lipinski definition) is 0. The number of ether oxygens (including phenoxy) is 1. The number of ketones is 1. The van der Waals surface area contributed by atoms with E-state index in [0.717, 1.165) is 18.4 Å². The highest BCUT2D eigenvalue weighted by Gasteiger charge is 2.12. The third-order valence-electron chi connectivity index (χ3n) is 3.60. The van der Waals surface area contributed by atoms with Gasteiger partial charge in [-0.2, -0.15) is 0 Å². The lowest BCUT2D eigenvalue weighted by molar-refractivity contribution is 0.0473. The SMILES string of the molecule is CCCCCCC(CCC(=O)c1ccccc1)OCCCl. The van der Waals surface area contributed by atoms with Crippen molar-refractivity contribution in [3.63, 3.8) is 0 Å². The molecule has 21 heavy (non-hydrogen) atoms. The highest BCUT2D eigenvalue weighted by Crippen LogP contribution is 2.15. The van der Waals surface area contributed by atoms with Gasteiger partial charge in [0.25, 0.3) is 0 Å². The zero-order chi connectivity index (χ0) is 15.3. The Hall–Kier alpha value is -0.860. The number of carbonyl (C=O) groups is 1. The van der Waals surface area contributed by atoms with E-state index >= 15 is 0 Å². The second kappa shape index (κ2) is 11.8. The second-order valence-corrected chi connectivity index (χ2v) is 5.74. The van der Waals surface area contributed by atoms with Gasteiger partial charge in [0.2, 0.25) is 0 Å². The molecular formula is C18H27ClO2. The Bertz CT molecular complexity index is 378. The molecule has 0 N–H and O–H groups in total. The first-order chi connectivity index (χ1) is 10.3. The fourth-order valence-corrected chi connectivity index (χ4v) is 2.47. The van der Waals surface area contributed by atoms with Gasteiger partial charge in [0.1, 0.15) is 0 Å². The quantitative estimate of drug-likeness (QED) is 0.300. The van der Waals surface area contributed by atoms with Crippen molar-refractivity contribution in [3.05, 3.63) is 35.9 Å². The van der Waals surface area contributed by atoms with Gasteiger partial charge in [-0.05, 0) is 12.8 Å². The van der Waals surface area contributed by atoms with Gasteiger partial charge >= 0.3 is 0 Å². The Kier molecular flexibility index (Phi) is 10.2. The van der Waals surface area contributed by atoms with Gasteiger partial charge in [0.15, 0.2) is 5.78 Å². The molecule has 1 atom stereocenters. The molecular weight excluding hydrogens is 284 g/mol. The summed E-state index contributed by atoms with van der Waals surface area (Å²) >= 11 is 5.70. The van der Waals surface area contributed by atoms with E-state index in [0.29, 0.717) is 18.9 Å². The van der Waals surface area contributed by atoms with Crippen molar-refractivity contribution in [2.45, 2.75) is 58.0 Å². The summed E-state index contributed by atoms with van der Waals surface area (Å²) in [5, 5.41) is 0. The highest BCUT2D eigenvalue weighted by atomic mass is 35.5. The molecule has 0 bridgehead atoms. The number of hydrogen-bond acceptors (Lipinski definition) is 2. The smallest absolute Gasteiger partial charge is 0.162 e. The van der Waals surface area contributed by atoms with E-state index in [9.17, 15) is 4.79 Å². The van der Waals surface area contributed by atoms with Crippen molar-refractivity contribution < 1.29 is 9.53 Å². The number of benzene rings is 1. The lowest BCUT2D eigenvalue weighted by Gasteiger charge is -2.17. The molecule has 1 aromatic rings. The lowest BCUT2D eigenvalue weighted by Crippen LogP contribution is -2.16. The standard InChI is InChI=1S/C18H27ClO2/c1-2-3-4-8-11-17(21-15-14-19)12-13-18(20)16-9-6-5-7-10-16/h5-7,9-10,17H,2-4,8,11-15H2,1H3. The van der Waals surface area contributed by atoms with E-state index < -0.39 is 0 Å². The molecule has 0 aromatic heterocycles. The predicted molar refractivity (Wildman–Crippen MR) is 89.2 cm³/mol. The van der Waals surface area contributed by atoms with Crippen LogP contribution in [0.25, 0.3) is 0 Å². The first kappa shape index (κ1) is 18.2. The molecule has 1 unspecified atom stereocenters. The third kappa shape index (κ3) is 8.23. The van der Waals surface area contributed by atoms with Crippen LogP contribution in [0.4, 0.5) is 0 Å². The Morgan fingerprint density at radius 3 is 2.57 bits per heavy atom. The van der Waals surface area contributed by atoms with Gasteiger partial charge in [-0.3, -0.25) is 4.79 Å². The summed E-state index contributed by atoms with van der Waals surface area (Å²) in [6, 6.07) is 9.48. The van der Waals surface area contributed by atoms with Crippen LogP contribution in [0, 0.1) is 0 Å². The van der Waals surface area contributed by atoms with Crippen molar-refractivity contribution in [1.82, 2.24) is 0 Å². The minimum absolute atomic E-state index is 0.160. The summed E-state index contributed by atoms with van der Waals surface area (Å²) in [5.74, 6) is 0.710. The van der Waals surface area contributed by atoms with Crippen molar-refractivity contribution in [1.29, 1.82) is 0 Å².